The first-order valence-electron chi connectivity index (χ1n) is 5.20. The number of benzene rings is 1. The molecule has 0 saturated carbocycles. The zero-order chi connectivity index (χ0) is 13.8. The number of carbonyl (C=O) groups is 1. The minimum Gasteiger partial charge on any atom is -0.483 e. The minimum atomic E-state index is -4.47. The molecule has 0 spiro atoms. The Morgan fingerprint density at radius 1 is 1.44 bits per heavy atom. The topological polar surface area (TPSA) is 64.4 Å². The Bertz CT molecular complexity index is 433. The molecule has 0 heterocycles. The van der Waals surface area contributed by atoms with E-state index in [9.17, 15) is 18.0 Å². The molecule has 4 nitrogen and oxygen atoms in total. The molecule has 18 heavy (non-hydrogen) atoms. The fraction of sp³-hybridized carbons (Fsp3) is 0.364. The molecule has 1 aromatic carbocycles. The first-order chi connectivity index (χ1) is 8.33. The lowest BCUT2D eigenvalue weighted by atomic mass is 10.1. The standard InChI is InChI=1S/C11H13F3N2O2/c1-2-16-10(17)8-4-3-7(15)5-9(8)18-6-11(12,13)14/h3-5H,2,6,15H2,1H3,(H,16,17). The van der Waals surface area contributed by atoms with Gasteiger partial charge in [0, 0.05) is 18.3 Å². The molecule has 0 aliphatic heterocycles. The molecule has 100 valence electrons. The van der Waals surface area contributed by atoms with Gasteiger partial charge in [-0.2, -0.15) is 13.2 Å². The number of halogens is 3. The SMILES string of the molecule is CCNC(=O)c1ccc(N)cc1OCC(F)(F)F. The van der Waals surface area contributed by atoms with Gasteiger partial charge in [0.15, 0.2) is 6.61 Å². The molecule has 0 unspecified atom stereocenters. The number of amides is 1. The summed E-state index contributed by atoms with van der Waals surface area (Å²) in [6.07, 6.45) is -4.47. The van der Waals surface area contributed by atoms with E-state index in [1.165, 1.54) is 18.2 Å². The summed E-state index contributed by atoms with van der Waals surface area (Å²) >= 11 is 0. The molecule has 0 bridgehead atoms. The smallest absolute Gasteiger partial charge is 0.422 e. The highest BCUT2D eigenvalue weighted by atomic mass is 19.4. The molecular weight excluding hydrogens is 249 g/mol. The maximum absolute atomic E-state index is 12.1. The van der Waals surface area contributed by atoms with E-state index in [1.54, 1.807) is 6.92 Å². The van der Waals surface area contributed by atoms with Crippen LogP contribution >= 0.6 is 0 Å². The van der Waals surface area contributed by atoms with Crippen molar-refractivity contribution < 1.29 is 22.7 Å². The Balaban J connectivity index is 2.93. The Kier molecular flexibility index (Phi) is 4.41. The largest absolute Gasteiger partial charge is 0.483 e. The number of nitrogens with two attached hydrogens (primary N) is 1. The van der Waals surface area contributed by atoms with Crippen LogP contribution in [0.5, 0.6) is 5.75 Å². The lowest BCUT2D eigenvalue weighted by molar-refractivity contribution is -0.153. The van der Waals surface area contributed by atoms with E-state index in [1.807, 2.05) is 0 Å². The molecule has 1 aromatic rings. The van der Waals surface area contributed by atoms with Gasteiger partial charge in [-0.15, -0.1) is 0 Å². The van der Waals surface area contributed by atoms with Crippen molar-refractivity contribution in [3.05, 3.63) is 23.8 Å². The molecule has 0 aliphatic carbocycles. The highest BCUT2D eigenvalue weighted by molar-refractivity contribution is 5.97. The van der Waals surface area contributed by atoms with Crippen molar-refractivity contribution in [1.29, 1.82) is 0 Å². The number of rotatable bonds is 4. The summed E-state index contributed by atoms with van der Waals surface area (Å²) < 4.78 is 40.8. The number of ether oxygens (including phenoxy) is 1. The number of alkyl halides is 3. The summed E-state index contributed by atoms with van der Waals surface area (Å²) in [6, 6.07) is 3.94. The van der Waals surface area contributed by atoms with Crippen molar-refractivity contribution in [2.45, 2.75) is 13.1 Å². The van der Waals surface area contributed by atoms with Crippen LogP contribution in [-0.2, 0) is 0 Å². The number of anilines is 1. The maximum Gasteiger partial charge on any atom is 0.422 e. The molecule has 0 saturated heterocycles. The average Bonchev–Trinajstić information content (AvgIpc) is 2.25. The summed E-state index contributed by atoms with van der Waals surface area (Å²) in [6.45, 7) is 0.593. The van der Waals surface area contributed by atoms with Crippen molar-refractivity contribution in [3.8, 4) is 5.75 Å². The van der Waals surface area contributed by atoms with E-state index in [-0.39, 0.29) is 17.0 Å². The van der Waals surface area contributed by atoms with E-state index in [0.717, 1.165) is 0 Å². The molecule has 0 atom stereocenters. The lowest BCUT2D eigenvalue weighted by Crippen LogP contribution is -2.25. The van der Waals surface area contributed by atoms with Crippen molar-refractivity contribution in [2.24, 2.45) is 0 Å². The molecule has 1 rings (SSSR count). The second-order valence-corrected chi connectivity index (χ2v) is 3.52. The van der Waals surface area contributed by atoms with E-state index >= 15 is 0 Å². The average molecular weight is 262 g/mol. The fourth-order valence-corrected chi connectivity index (χ4v) is 1.26. The van der Waals surface area contributed by atoms with Crippen molar-refractivity contribution in [2.75, 3.05) is 18.9 Å². The Morgan fingerprint density at radius 2 is 2.11 bits per heavy atom. The number of nitrogen functional groups attached to an aromatic ring is 1. The van der Waals surface area contributed by atoms with Crippen LogP contribution in [0.25, 0.3) is 0 Å². The number of nitrogens with one attached hydrogen (secondary N) is 1. The quantitative estimate of drug-likeness (QED) is 0.815. The van der Waals surface area contributed by atoms with Crippen LogP contribution in [0.4, 0.5) is 18.9 Å². The van der Waals surface area contributed by atoms with Gasteiger partial charge < -0.3 is 15.8 Å². The van der Waals surface area contributed by atoms with Gasteiger partial charge in [0.25, 0.3) is 5.91 Å². The van der Waals surface area contributed by atoms with Crippen LogP contribution in [0.1, 0.15) is 17.3 Å². The van der Waals surface area contributed by atoms with Crippen LogP contribution < -0.4 is 15.8 Å². The second kappa shape index (κ2) is 5.61. The van der Waals surface area contributed by atoms with Gasteiger partial charge in [-0.25, -0.2) is 0 Å². The van der Waals surface area contributed by atoms with Crippen LogP contribution in [0.3, 0.4) is 0 Å². The summed E-state index contributed by atoms with van der Waals surface area (Å²) in [7, 11) is 0. The fourth-order valence-electron chi connectivity index (χ4n) is 1.26. The summed E-state index contributed by atoms with van der Waals surface area (Å²) in [4.78, 5) is 11.6. The van der Waals surface area contributed by atoms with Crippen LogP contribution in [0, 0.1) is 0 Å². The molecule has 0 aromatic heterocycles. The van der Waals surface area contributed by atoms with Gasteiger partial charge in [0.1, 0.15) is 5.75 Å². The van der Waals surface area contributed by atoms with Crippen molar-refractivity contribution >= 4 is 11.6 Å². The normalized spacial score (nSPS) is 11.1. The summed E-state index contributed by atoms with van der Waals surface area (Å²) in [5.41, 5.74) is 5.69. The first kappa shape index (κ1) is 14.1. The van der Waals surface area contributed by atoms with E-state index in [2.05, 4.69) is 10.1 Å². The molecule has 7 heteroatoms. The third-order valence-corrected chi connectivity index (χ3v) is 1.98. The zero-order valence-electron chi connectivity index (χ0n) is 9.67. The van der Waals surface area contributed by atoms with Crippen LogP contribution in [0.2, 0.25) is 0 Å². The summed E-state index contributed by atoms with van der Waals surface area (Å²) in [5.74, 6) is -0.687. The minimum absolute atomic E-state index is 0.0234. The summed E-state index contributed by atoms with van der Waals surface area (Å²) in [5, 5.41) is 2.48. The number of hydrogen-bond acceptors (Lipinski definition) is 3. The van der Waals surface area contributed by atoms with E-state index in [4.69, 9.17) is 5.73 Å². The third kappa shape index (κ3) is 4.15. The third-order valence-electron chi connectivity index (χ3n) is 1.98. The predicted molar refractivity (Wildman–Crippen MR) is 60.4 cm³/mol. The van der Waals surface area contributed by atoms with Crippen molar-refractivity contribution in [3.63, 3.8) is 0 Å². The molecule has 1 amide bonds. The number of hydrogen-bond donors (Lipinski definition) is 2. The highest BCUT2D eigenvalue weighted by Gasteiger charge is 2.29. The van der Waals surface area contributed by atoms with Gasteiger partial charge in [-0.3, -0.25) is 4.79 Å². The zero-order valence-corrected chi connectivity index (χ0v) is 9.67. The van der Waals surface area contributed by atoms with Gasteiger partial charge in [-0.1, -0.05) is 0 Å². The maximum atomic E-state index is 12.1. The Hall–Kier alpha value is -1.92. The first-order valence-corrected chi connectivity index (χ1v) is 5.20. The lowest BCUT2D eigenvalue weighted by Gasteiger charge is -2.13. The number of carbonyl (C=O) groups excluding carboxylic acids is 1. The predicted octanol–water partition coefficient (Wildman–Crippen LogP) is 1.96. The molecular formula is C11H13F3N2O2. The van der Waals surface area contributed by atoms with E-state index < -0.39 is 18.7 Å². The molecule has 0 fully saturated rings. The molecule has 0 radical (unpaired) electrons. The van der Waals surface area contributed by atoms with E-state index in [0.29, 0.717) is 6.54 Å². The van der Waals surface area contributed by atoms with Crippen LogP contribution in [-0.4, -0.2) is 25.2 Å². The monoisotopic (exact) mass is 262 g/mol. The second-order valence-electron chi connectivity index (χ2n) is 3.52. The van der Waals surface area contributed by atoms with Gasteiger partial charge in [0.05, 0.1) is 5.56 Å². The molecule has 3 N–H and O–H groups in total. The van der Waals surface area contributed by atoms with Gasteiger partial charge in [0.2, 0.25) is 0 Å². The van der Waals surface area contributed by atoms with Crippen LogP contribution in [0.15, 0.2) is 18.2 Å². The van der Waals surface area contributed by atoms with Gasteiger partial charge in [-0.05, 0) is 19.1 Å². The Morgan fingerprint density at radius 3 is 2.67 bits per heavy atom. The Labute approximate surface area is 102 Å². The molecule has 0 aliphatic rings. The van der Waals surface area contributed by atoms with Crippen molar-refractivity contribution in [1.82, 2.24) is 5.32 Å². The highest BCUT2D eigenvalue weighted by Crippen LogP contribution is 2.24. The van der Waals surface area contributed by atoms with Gasteiger partial charge >= 0.3 is 6.18 Å².